The predicted octanol–water partition coefficient (Wildman–Crippen LogP) is 3.35. The highest BCUT2D eigenvalue weighted by Crippen LogP contribution is 2.56. The van der Waals surface area contributed by atoms with Gasteiger partial charge in [-0.2, -0.15) is 0 Å². The number of non-ortho nitro benzene ring substituents is 1. The third-order valence-electron chi connectivity index (χ3n) is 6.53. The average molecular weight is 406 g/mol. The molecule has 4 atom stereocenters. The van der Waals surface area contributed by atoms with Crippen LogP contribution in [0, 0.1) is 33.8 Å². The topological polar surface area (TPSA) is 107 Å². The first-order valence-corrected chi connectivity index (χ1v) is 9.88. The number of nitrogens with zero attached hydrogens (tertiary/aromatic N) is 2. The zero-order valence-electron chi connectivity index (χ0n) is 15.9. The fraction of sp³-hybridized carbons (Fsp3) is 0.318. The SMILES string of the molecule is O=C(Oc1ccc([N+](=O)[O-])cc1)c1cccc(N2C(=O)[C@@H]3[C@H]4CC[C@@H](C4)[C@@H]3C2=O)c1. The molecule has 5 rings (SSSR count). The summed E-state index contributed by atoms with van der Waals surface area (Å²) < 4.78 is 5.28. The molecule has 1 aliphatic heterocycles. The number of hydrogen-bond acceptors (Lipinski definition) is 6. The minimum absolute atomic E-state index is 0.109. The summed E-state index contributed by atoms with van der Waals surface area (Å²) in [5, 5.41) is 10.7. The molecule has 2 aliphatic carbocycles. The molecule has 2 aromatic carbocycles. The number of hydrogen-bond donors (Lipinski definition) is 0. The molecule has 0 radical (unpaired) electrons. The van der Waals surface area contributed by atoms with Crippen LogP contribution in [0.15, 0.2) is 48.5 Å². The van der Waals surface area contributed by atoms with Crippen molar-refractivity contribution in [3.8, 4) is 5.75 Å². The van der Waals surface area contributed by atoms with Gasteiger partial charge >= 0.3 is 5.97 Å². The average Bonchev–Trinajstić information content (AvgIpc) is 3.42. The molecule has 0 N–H and O–H groups in total. The van der Waals surface area contributed by atoms with Gasteiger partial charge in [-0.1, -0.05) is 6.07 Å². The molecule has 2 amide bonds. The number of rotatable bonds is 4. The van der Waals surface area contributed by atoms with E-state index in [4.69, 9.17) is 4.74 Å². The minimum atomic E-state index is -0.676. The summed E-state index contributed by atoms with van der Waals surface area (Å²) in [6, 6.07) is 11.4. The number of anilines is 1. The lowest BCUT2D eigenvalue weighted by molar-refractivity contribution is -0.384. The van der Waals surface area contributed by atoms with Crippen LogP contribution in [0.2, 0.25) is 0 Å². The molecular formula is C22H18N2O6. The molecule has 1 heterocycles. The number of esters is 1. The van der Waals surface area contributed by atoms with Gasteiger partial charge in [0.1, 0.15) is 5.75 Å². The highest BCUT2D eigenvalue weighted by molar-refractivity contribution is 6.22. The molecule has 2 saturated carbocycles. The van der Waals surface area contributed by atoms with E-state index in [1.54, 1.807) is 12.1 Å². The fourth-order valence-electron chi connectivity index (χ4n) is 5.24. The van der Waals surface area contributed by atoms with E-state index in [0.717, 1.165) is 19.3 Å². The van der Waals surface area contributed by atoms with Crippen molar-refractivity contribution in [1.82, 2.24) is 0 Å². The van der Waals surface area contributed by atoms with Crippen LogP contribution in [0.3, 0.4) is 0 Å². The van der Waals surface area contributed by atoms with Crippen LogP contribution in [0.1, 0.15) is 29.6 Å². The van der Waals surface area contributed by atoms with Crippen molar-refractivity contribution >= 4 is 29.2 Å². The lowest BCUT2D eigenvalue weighted by Crippen LogP contribution is -2.32. The molecule has 2 aromatic rings. The maximum atomic E-state index is 13.0. The highest BCUT2D eigenvalue weighted by Gasteiger charge is 2.61. The van der Waals surface area contributed by atoms with E-state index in [1.165, 1.54) is 41.3 Å². The van der Waals surface area contributed by atoms with Gasteiger partial charge in [-0.05, 0) is 61.4 Å². The summed E-state index contributed by atoms with van der Waals surface area (Å²) in [5.41, 5.74) is 0.450. The molecule has 0 unspecified atom stereocenters. The van der Waals surface area contributed by atoms with Crippen LogP contribution in [0.5, 0.6) is 5.75 Å². The smallest absolute Gasteiger partial charge is 0.343 e. The minimum Gasteiger partial charge on any atom is -0.423 e. The molecule has 8 heteroatoms. The third-order valence-corrected chi connectivity index (χ3v) is 6.53. The number of benzene rings is 2. The molecule has 0 aromatic heterocycles. The van der Waals surface area contributed by atoms with Crippen molar-refractivity contribution in [2.75, 3.05) is 4.90 Å². The second-order valence-electron chi connectivity index (χ2n) is 8.09. The number of amides is 2. The van der Waals surface area contributed by atoms with E-state index in [0.29, 0.717) is 5.69 Å². The van der Waals surface area contributed by atoms with Crippen LogP contribution in [0.4, 0.5) is 11.4 Å². The second kappa shape index (κ2) is 6.76. The van der Waals surface area contributed by atoms with Crippen molar-refractivity contribution in [3.63, 3.8) is 0 Å². The van der Waals surface area contributed by atoms with Crippen molar-refractivity contribution < 1.29 is 24.0 Å². The van der Waals surface area contributed by atoms with Gasteiger partial charge in [-0.3, -0.25) is 24.6 Å². The van der Waals surface area contributed by atoms with E-state index in [9.17, 15) is 24.5 Å². The summed E-state index contributed by atoms with van der Waals surface area (Å²) in [5.74, 6) is -0.732. The fourth-order valence-corrected chi connectivity index (χ4v) is 5.24. The summed E-state index contributed by atoms with van der Waals surface area (Å²) in [6.07, 6.45) is 2.96. The molecular weight excluding hydrogens is 388 g/mol. The number of fused-ring (bicyclic) bond motifs is 5. The number of carbonyl (C=O) groups excluding carboxylic acids is 3. The Morgan fingerprint density at radius 3 is 2.23 bits per heavy atom. The first kappa shape index (κ1) is 18.5. The molecule has 0 spiro atoms. The number of nitro benzene ring substituents is 1. The Morgan fingerprint density at radius 1 is 1.00 bits per heavy atom. The Kier molecular flexibility index (Phi) is 4.16. The lowest BCUT2D eigenvalue weighted by Gasteiger charge is -2.19. The Labute approximate surface area is 171 Å². The quantitative estimate of drug-likeness (QED) is 0.253. The van der Waals surface area contributed by atoms with Gasteiger partial charge in [-0.15, -0.1) is 0 Å². The molecule has 152 valence electrons. The van der Waals surface area contributed by atoms with Gasteiger partial charge in [0, 0.05) is 12.1 Å². The van der Waals surface area contributed by atoms with E-state index < -0.39 is 10.9 Å². The standard InChI is InChI=1S/C22H18N2O6/c25-20-18-12-4-5-13(10-12)19(18)21(26)23(20)16-3-1-2-14(11-16)22(27)30-17-8-6-15(7-9-17)24(28)29/h1-3,6-9,11-13,18-19H,4-5,10H2/t12-,13-,18-,19+/m0/s1. The molecule has 2 bridgehead atoms. The van der Waals surface area contributed by atoms with Crippen LogP contribution in [0.25, 0.3) is 0 Å². The van der Waals surface area contributed by atoms with Crippen molar-refractivity contribution in [3.05, 3.63) is 64.2 Å². The van der Waals surface area contributed by atoms with Crippen molar-refractivity contribution in [2.45, 2.75) is 19.3 Å². The molecule has 3 aliphatic rings. The first-order chi connectivity index (χ1) is 14.4. The Morgan fingerprint density at radius 2 is 1.63 bits per heavy atom. The number of carbonyl (C=O) groups is 3. The number of nitro groups is 1. The van der Waals surface area contributed by atoms with Crippen molar-refractivity contribution in [2.24, 2.45) is 23.7 Å². The van der Waals surface area contributed by atoms with Gasteiger partial charge in [0.2, 0.25) is 11.8 Å². The summed E-state index contributed by atoms with van der Waals surface area (Å²) in [7, 11) is 0. The molecule has 3 fully saturated rings. The van der Waals surface area contributed by atoms with E-state index in [-0.39, 0.29) is 52.5 Å². The van der Waals surface area contributed by atoms with Crippen LogP contribution >= 0.6 is 0 Å². The Hall–Kier alpha value is -3.55. The van der Waals surface area contributed by atoms with Crippen LogP contribution in [-0.2, 0) is 9.59 Å². The van der Waals surface area contributed by atoms with Crippen LogP contribution in [-0.4, -0.2) is 22.7 Å². The van der Waals surface area contributed by atoms with Gasteiger partial charge in [-0.25, -0.2) is 4.79 Å². The molecule has 30 heavy (non-hydrogen) atoms. The zero-order valence-corrected chi connectivity index (χ0v) is 15.9. The van der Waals surface area contributed by atoms with Gasteiger partial charge < -0.3 is 4.74 Å². The lowest BCUT2D eigenvalue weighted by atomic mass is 9.81. The van der Waals surface area contributed by atoms with Gasteiger partial charge in [0.25, 0.3) is 5.69 Å². The van der Waals surface area contributed by atoms with Gasteiger partial charge in [0.15, 0.2) is 0 Å². The summed E-state index contributed by atoms with van der Waals surface area (Å²) >= 11 is 0. The third kappa shape index (κ3) is 2.79. The van der Waals surface area contributed by atoms with E-state index in [2.05, 4.69) is 0 Å². The van der Waals surface area contributed by atoms with E-state index in [1.807, 2.05) is 0 Å². The van der Waals surface area contributed by atoms with E-state index >= 15 is 0 Å². The Balaban J connectivity index is 1.37. The second-order valence-corrected chi connectivity index (χ2v) is 8.09. The Bertz CT molecular complexity index is 1050. The normalized spacial score (nSPS) is 26.7. The number of ether oxygens (including phenoxy) is 1. The van der Waals surface area contributed by atoms with Crippen LogP contribution < -0.4 is 9.64 Å². The summed E-state index contributed by atoms with van der Waals surface area (Å²) in [6.45, 7) is 0. The maximum Gasteiger partial charge on any atom is 0.343 e. The maximum absolute atomic E-state index is 13.0. The first-order valence-electron chi connectivity index (χ1n) is 9.88. The molecule has 1 saturated heterocycles. The number of imide groups is 1. The largest absolute Gasteiger partial charge is 0.423 e. The zero-order chi connectivity index (χ0) is 21.0. The monoisotopic (exact) mass is 406 g/mol. The van der Waals surface area contributed by atoms with Gasteiger partial charge in [0.05, 0.1) is 28.0 Å². The molecule has 8 nitrogen and oxygen atoms in total. The van der Waals surface area contributed by atoms with Crippen molar-refractivity contribution in [1.29, 1.82) is 0 Å². The predicted molar refractivity (Wildman–Crippen MR) is 105 cm³/mol. The summed E-state index contributed by atoms with van der Waals surface area (Å²) in [4.78, 5) is 49.9. The highest BCUT2D eigenvalue weighted by atomic mass is 16.6.